The van der Waals surface area contributed by atoms with Crippen molar-refractivity contribution in [2.24, 2.45) is 5.73 Å². The van der Waals surface area contributed by atoms with Gasteiger partial charge in [-0.15, -0.1) is 0 Å². The topological polar surface area (TPSA) is 61.6 Å². The molecule has 0 aromatic heterocycles. The maximum Gasteiger partial charge on any atom is 0.255 e. The Kier molecular flexibility index (Phi) is 6.40. The Morgan fingerprint density at radius 1 is 0.941 bits per heavy atom. The highest BCUT2D eigenvalue weighted by Crippen LogP contribution is 2.52. The molecule has 2 atom stereocenters. The van der Waals surface area contributed by atoms with Crippen LogP contribution in [0.25, 0.3) is 0 Å². The van der Waals surface area contributed by atoms with Crippen molar-refractivity contribution in [1.82, 2.24) is 4.90 Å². The molecule has 1 aliphatic carbocycles. The van der Waals surface area contributed by atoms with E-state index in [1.165, 1.54) is 16.8 Å². The summed E-state index contributed by atoms with van der Waals surface area (Å²) in [6.07, 6.45) is 3.02. The van der Waals surface area contributed by atoms with Crippen LogP contribution in [0.3, 0.4) is 0 Å². The van der Waals surface area contributed by atoms with E-state index in [4.69, 9.17) is 5.73 Å². The molecule has 2 aliphatic rings. The van der Waals surface area contributed by atoms with Crippen molar-refractivity contribution in [3.63, 3.8) is 0 Å². The lowest BCUT2D eigenvalue weighted by molar-refractivity contribution is 0.102. The summed E-state index contributed by atoms with van der Waals surface area (Å²) in [7, 11) is 2.15. The molecule has 5 rings (SSSR count). The van der Waals surface area contributed by atoms with Gasteiger partial charge in [0, 0.05) is 54.6 Å². The third-order valence-corrected chi connectivity index (χ3v) is 7.41. The Hall–Kier alpha value is -3.15. The second kappa shape index (κ2) is 9.61. The second-order valence-corrected chi connectivity index (χ2v) is 9.89. The van der Waals surface area contributed by atoms with E-state index in [1.807, 2.05) is 42.5 Å². The monoisotopic (exact) mass is 454 g/mol. The van der Waals surface area contributed by atoms with E-state index in [9.17, 15) is 4.79 Å². The highest BCUT2D eigenvalue weighted by atomic mass is 16.1. The van der Waals surface area contributed by atoms with E-state index in [0.29, 0.717) is 11.5 Å². The zero-order valence-corrected chi connectivity index (χ0v) is 19.9. The molecule has 1 aliphatic heterocycles. The smallest absolute Gasteiger partial charge is 0.255 e. The van der Waals surface area contributed by atoms with Gasteiger partial charge < -0.3 is 20.9 Å². The van der Waals surface area contributed by atoms with Gasteiger partial charge in [0.1, 0.15) is 0 Å². The molecule has 0 spiro atoms. The van der Waals surface area contributed by atoms with Crippen LogP contribution in [0.2, 0.25) is 0 Å². The number of hydrogen-bond donors (Lipinski definition) is 2. The molecule has 3 aromatic carbocycles. The van der Waals surface area contributed by atoms with E-state index < -0.39 is 0 Å². The number of carbonyl (C=O) groups excluding carboxylic acids is 1. The first-order valence-corrected chi connectivity index (χ1v) is 12.3. The number of carbonyl (C=O) groups is 1. The highest BCUT2D eigenvalue weighted by molar-refractivity contribution is 6.04. The number of aryl methyl sites for hydroxylation is 1. The van der Waals surface area contributed by atoms with E-state index >= 15 is 0 Å². The van der Waals surface area contributed by atoms with E-state index in [2.05, 4.69) is 58.6 Å². The Morgan fingerprint density at radius 2 is 1.62 bits per heavy atom. The van der Waals surface area contributed by atoms with Gasteiger partial charge in [0.15, 0.2) is 0 Å². The van der Waals surface area contributed by atoms with Gasteiger partial charge in [-0.25, -0.2) is 0 Å². The summed E-state index contributed by atoms with van der Waals surface area (Å²) in [5.74, 6) is 0.309. The lowest BCUT2D eigenvalue weighted by Crippen LogP contribution is -2.44. The zero-order valence-electron chi connectivity index (χ0n) is 19.9. The SMILES string of the molecule is CN1CCN(c2ccc(C(=O)Nc3ccc([C@@H]4C[C@@]4(N)CCc4ccccc4)cc3)cc2)CC1. The molecule has 0 unspecified atom stereocenters. The van der Waals surface area contributed by atoms with Gasteiger partial charge in [0.05, 0.1) is 0 Å². The van der Waals surface area contributed by atoms with Gasteiger partial charge in [-0.3, -0.25) is 4.79 Å². The van der Waals surface area contributed by atoms with Crippen molar-refractivity contribution in [3.05, 3.63) is 95.6 Å². The van der Waals surface area contributed by atoms with Crippen molar-refractivity contribution >= 4 is 17.3 Å². The summed E-state index contributed by atoms with van der Waals surface area (Å²) in [5, 5.41) is 3.03. The fraction of sp³-hybridized carbons (Fsp3) is 0.345. The molecule has 2 fully saturated rings. The van der Waals surface area contributed by atoms with E-state index in [0.717, 1.165) is 51.1 Å². The number of amides is 1. The molecule has 3 N–H and O–H groups in total. The van der Waals surface area contributed by atoms with Crippen LogP contribution in [0.4, 0.5) is 11.4 Å². The van der Waals surface area contributed by atoms with Gasteiger partial charge in [-0.05, 0) is 73.8 Å². The lowest BCUT2D eigenvalue weighted by atomic mass is 9.99. The summed E-state index contributed by atoms with van der Waals surface area (Å²) < 4.78 is 0. The lowest BCUT2D eigenvalue weighted by Gasteiger charge is -2.34. The molecule has 5 heteroatoms. The highest BCUT2D eigenvalue weighted by Gasteiger charge is 2.50. The van der Waals surface area contributed by atoms with Crippen LogP contribution < -0.4 is 16.0 Å². The van der Waals surface area contributed by atoms with E-state index in [1.54, 1.807) is 0 Å². The summed E-state index contributed by atoms with van der Waals surface area (Å²) in [6.45, 7) is 4.17. The van der Waals surface area contributed by atoms with Gasteiger partial charge in [0.2, 0.25) is 0 Å². The number of piperazine rings is 1. The maximum atomic E-state index is 12.7. The van der Waals surface area contributed by atoms with Crippen molar-refractivity contribution in [1.29, 1.82) is 0 Å². The standard InChI is InChI=1S/C29H34N4O/c1-32-17-19-33(20-18-32)26-13-9-24(10-14-26)28(34)31-25-11-7-23(8-12-25)27-21-29(27,30)16-15-22-5-3-2-4-6-22/h2-14,27H,15-21,30H2,1H3,(H,31,34)/t27-,29-/m0/s1. The predicted octanol–water partition coefficient (Wildman–Crippen LogP) is 4.51. The van der Waals surface area contributed by atoms with Crippen molar-refractivity contribution in [3.8, 4) is 0 Å². The number of nitrogens with two attached hydrogens (primary N) is 1. The molecule has 5 nitrogen and oxygen atoms in total. The third kappa shape index (κ3) is 5.16. The summed E-state index contributed by atoms with van der Waals surface area (Å²) in [4.78, 5) is 17.5. The first-order chi connectivity index (χ1) is 16.5. The molecule has 1 heterocycles. The number of nitrogens with zero attached hydrogens (tertiary/aromatic N) is 2. The number of rotatable bonds is 7. The molecule has 0 radical (unpaired) electrons. The van der Waals surface area contributed by atoms with Gasteiger partial charge >= 0.3 is 0 Å². The van der Waals surface area contributed by atoms with Gasteiger partial charge in [-0.1, -0.05) is 42.5 Å². The number of nitrogens with one attached hydrogen (secondary N) is 1. The third-order valence-electron chi connectivity index (χ3n) is 7.41. The Labute approximate surface area is 202 Å². The molecule has 1 saturated heterocycles. The molecular weight excluding hydrogens is 420 g/mol. The Morgan fingerprint density at radius 3 is 2.29 bits per heavy atom. The largest absolute Gasteiger partial charge is 0.369 e. The minimum atomic E-state index is -0.119. The first-order valence-electron chi connectivity index (χ1n) is 12.3. The molecule has 34 heavy (non-hydrogen) atoms. The molecule has 0 bridgehead atoms. The average molecular weight is 455 g/mol. The van der Waals surface area contributed by atoms with E-state index in [-0.39, 0.29) is 11.4 Å². The van der Waals surface area contributed by atoms with Crippen LogP contribution in [0.5, 0.6) is 0 Å². The maximum absolute atomic E-state index is 12.7. The molecule has 1 saturated carbocycles. The summed E-state index contributed by atoms with van der Waals surface area (Å²) in [6, 6.07) is 26.6. The Balaban J connectivity index is 1.14. The predicted molar refractivity (Wildman–Crippen MR) is 140 cm³/mol. The quantitative estimate of drug-likeness (QED) is 0.552. The normalized spacial score (nSPS) is 22.4. The average Bonchev–Trinajstić information content (AvgIpc) is 3.56. The van der Waals surface area contributed by atoms with Crippen molar-refractivity contribution in [2.75, 3.05) is 43.4 Å². The van der Waals surface area contributed by atoms with Crippen LogP contribution in [-0.4, -0.2) is 49.6 Å². The van der Waals surface area contributed by atoms with Crippen LogP contribution in [-0.2, 0) is 6.42 Å². The zero-order chi connectivity index (χ0) is 23.5. The fourth-order valence-electron chi connectivity index (χ4n) is 4.96. The van der Waals surface area contributed by atoms with Crippen LogP contribution in [0, 0.1) is 0 Å². The van der Waals surface area contributed by atoms with Crippen molar-refractivity contribution < 1.29 is 4.79 Å². The van der Waals surface area contributed by atoms with Crippen molar-refractivity contribution in [2.45, 2.75) is 30.7 Å². The Bertz CT molecular complexity index is 1110. The molecule has 1 amide bonds. The molecule has 3 aromatic rings. The number of likely N-dealkylation sites (N-methyl/N-ethyl adjacent to an activating group) is 1. The number of benzene rings is 3. The number of anilines is 2. The van der Waals surface area contributed by atoms with Crippen LogP contribution >= 0.6 is 0 Å². The fourth-order valence-corrected chi connectivity index (χ4v) is 4.96. The second-order valence-electron chi connectivity index (χ2n) is 9.89. The first kappa shape index (κ1) is 22.6. The van der Waals surface area contributed by atoms with Crippen LogP contribution in [0.15, 0.2) is 78.9 Å². The van der Waals surface area contributed by atoms with Gasteiger partial charge in [0.25, 0.3) is 5.91 Å². The summed E-state index contributed by atoms with van der Waals surface area (Å²) >= 11 is 0. The minimum absolute atomic E-state index is 0.0832. The molecular formula is C29H34N4O. The van der Waals surface area contributed by atoms with Gasteiger partial charge in [-0.2, -0.15) is 0 Å². The number of hydrogen-bond acceptors (Lipinski definition) is 4. The van der Waals surface area contributed by atoms with Crippen LogP contribution in [0.1, 0.15) is 40.2 Å². The molecule has 176 valence electrons. The summed E-state index contributed by atoms with van der Waals surface area (Å²) in [5.41, 5.74) is 11.8. The minimum Gasteiger partial charge on any atom is -0.369 e.